The Morgan fingerprint density at radius 3 is 2.53 bits per heavy atom. The van der Waals surface area contributed by atoms with Crippen LogP contribution in [0, 0.1) is 11.3 Å². The zero-order valence-corrected chi connectivity index (χ0v) is 9.39. The Kier molecular flexibility index (Phi) is 4.77. The zero-order valence-electron chi connectivity index (χ0n) is 9.39. The van der Waals surface area contributed by atoms with E-state index in [9.17, 15) is 9.90 Å². The van der Waals surface area contributed by atoms with E-state index < -0.39 is 5.91 Å². The summed E-state index contributed by atoms with van der Waals surface area (Å²) in [6, 6.07) is 11.4. The van der Waals surface area contributed by atoms with E-state index in [0.29, 0.717) is 6.42 Å². The van der Waals surface area contributed by atoms with Crippen molar-refractivity contribution >= 4 is 5.91 Å². The molecule has 1 rings (SSSR count). The number of primary amides is 1. The average molecular weight is 230 g/mol. The highest BCUT2D eigenvalue weighted by Gasteiger charge is 2.10. The van der Waals surface area contributed by atoms with E-state index in [1.54, 1.807) is 6.07 Å². The molecule has 0 aliphatic rings. The van der Waals surface area contributed by atoms with Gasteiger partial charge < -0.3 is 10.8 Å². The largest absolute Gasteiger partial charge is 0.511 e. The van der Waals surface area contributed by atoms with Crippen molar-refractivity contribution in [3.05, 3.63) is 47.2 Å². The third-order valence-corrected chi connectivity index (χ3v) is 2.37. The van der Waals surface area contributed by atoms with Gasteiger partial charge in [0.2, 0.25) is 0 Å². The van der Waals surface area contributed by atoms with Gasteiger partial charge in [-0.05, 0) is 18.4 Å². The molecule has 4 heteroatoms. The van der Waals surface area contributed by atoms with Gasteiger partial charge in [0.1, 0.15) is 11.8 Å². The number of amides is 1. The summed E-state index contributed by atoms with van der Waals surface area (Å²) < 4.78 is 0. The first-order valence-electron chi connectivity index (χ1n) is 5.31. The van der Waals surface area contributed by atoms with Crippen molar-refractivity contribution in [1.82, 2.24) is 0 Å². The molecule has 3 N–H and O–H groups in total. The van der Waals surface area contributed by atoms with E-state index >= 15 is 0 Å². The van der Waals surface area contributed by atoms with Crippen LogP contribution in [-0.4, -0.2) is 11.0 Å². The first-order valence-corrected chi connectivity index (χ1v) is 5.31. The molecule has 0 atom stereocenters. The molecule has 0 radical (unpaired) electrons. The SMILES string of the molecule is N#C/C(C(N)=O)=C(/O)CCCc1ccccc1. The van der Waals surface area contributed by atoms with Gasteiger partial charge in [-0.25, -0.2) is 0 Å². The Bertz CT molecular complexity index is 458. The maximum Gasteiger partial charge on any atom is 0.262 e. The zero-order chi connectivity index (χ0) is 12.7. The Morgan fingerprint density at radius 2 is 2.00 bits per heavy atom. The highest BCUT2D eigenvalue weighted by Crippen LogP contribution is 2.11. The number of allylic oxidation sites excluding steroid dienone is 1. The molecule has 0 aliphatic carbocycles. The van der Waals surface area contributed by atoms with Crippen molar-refractivity contribution in [2.45, 2.75) is 19.3 Å². The number of rotatable bonds is 5. The van der Waals surface area contributed by atoms with Gasteiger partial charge >= 0.3 is 0 Å². The summed E-state index contributed by atoms with van der Waals surface area (Å²) in [7, 11) is 0. The number of hydrogen-bond donors (Lipinski definition) is 2. The predicted molar refractivity (Wildman–Crippen MR) is 63.8 cm³/mol. The molecule has 0 aliphatic heterocycles. The molecule has 0 saturated heterocycles. The van der Waals surface area contributed by atoms with Gasteiger partial charge in [-0.15, -0.1) is 0 Å². The first kappa shape index (κ1) is 12.8. The summed E-state index contributed by atoms with van der Waals surface area (Å²) in [4.78, 5) is 10.8. The Hall–Kier alpha value is -2.28. The number of nitriles is 1. The second-order valence-corrected chi connectivity index (χ2v) is 3.64. The molecule has 0 heterocycles. The number of aryl methyl sites for hydroxylation is 1. The monoisotopic (exact) mass is 230 g/mol. The second kappa shape index (κ2) is 6.33. The lowest BCUT2D eigenvalue weighted by molar-refractivity contribution is -0.114. The second-order valence-electron chi connectivity index (χ2n) is 3.64. The van der Waals surface area contributed by atoms with Gasteiger partial charge in [0.15, 0.2) is 5.57 Å². The number of nitrogens with two attached hydrogens (primary N) is 1. The molecule has 0 saturated carbocycles. The summed E-state index contributed by atoms with van der Waals surface area (Å²) in [5.41, 5.74) is 5.75. The van der Waals surface area contributed by atoms with Crippen molar-refractivity contribution in [1.29, 1.82) is 5.26 Å². The van der Waals surface area contributed by atoms with Gasteiger partial charge in [-0.2, -0.15) is 5.26 Å². The van der Waals surface area contributed by atoms with Crippen molar-refractivity contribution in [3.8, 4) is 6.07 Å². The molecule has 17 heavy (non-hydrogen) atoms. The van der Waals surface area contributed by atoms with E-state index in [1.165, 1.54) is 0 Å². The van der Waals surface area contributed by atoms with Crippen LogP contribution >= 0.6 is 0 Å². The molecular formula is C13H14N2O2. The van der Waals surface area contributed by atoms with E-state index in [0.717, 1.165) is 12.0 Å². The van der Waals surface area contributed by atoms with Crippen LogP contribution in [0.15, 0.2) is 41.7 Å². The van der Waals surface area contributed by atoms with E-state index in [4.69, 9.17) is 11.0 Å². The van der Waals surface area contributed by atoms with Gasteiger partial charge in [-0.1, -0.05) is 30.3 Å². The minimum atomic E-state index is -0.885. The third kappa shape index (κ3) is 3.99. The summed E-state index contributed by atoms with van der Waals surface area (Å²) in [5.74, 6) is -1.11. The van der Waals surface area contributed by atoms with Crippen LogP contribution in [0.5, 0.6) is 0 Å². The molecule has 0 spiro atoms. The minimum Gasteiger partial charge on any atom is -0.511 e. The number of aliphatic hydroxyl groups is 1. The number of benzene rings is 1. The van der Waals surface area contributed by atoms with Crippen LogP contribution in [0.4, 0.5) is 0 Å². The maximum atomic E-state index is 10.8. The quantitative estimate of drug-likeness (QED) is 0.459. The standard InChI is InChI=1S/C13H14N2O2/c14-9-11(13(15)17)12(16)8-4-7-10-5-2-1-3-6-10/h1-3,5-6,16H,4,7-8H2,(H2,15,17)/b12-11-. The molecule has 0 aromatic heterocycles. The van der Waals surface area contributed by atoms with Crippen molar-refractivity contribution in [2.75, 3.05) is 0 Å². The smallest absolute Gasteiger partial charge is 0.262 e. The summed E-state index contributed by atoms with van der Waals surface area (Å²) >= 11 is 0. The molecule has 88 valence electrons. The van der Waals surface area contributed by atoms with Crippen LogP contribution < -0.4 is 5.73 Å². The molecule has 0 bridgehead atoms. The topological polar surface area (TPSA) is 87.1 Å². The predicted octanol–water partition coefficient (Wildman–Crippen LogP) is 1.83. The lowest BCUT2D eigenvalue weighted by atomic mass is 10.1. The number of carbonyl (C=O) groups excluding carboxylic acids is 1. The van der Waals surface area contributed by atoms with E-state index in [-0.39, 0.29) is 17.8 Å². The fourth-order valence-corrected chi connectivity index (χ4v) is 1.49. The van der Waals surface area contributed by atoms with Gasteiger partial charge in [-0.3, -0.25) is 4.79 Å². The normalized spacial score (nSPS) is 11.5. The Labute approximate surface area is 100.0 Å². The highest BCUT2D eigenvalue weighted by atomic mass is 16.3. The van der Waals surface area contributed by atoms with Crippen LogP contribution in [0.3, 0.4) is 0 Å². The molecule has 4 nitrogen and oxygen atoms in total. The van der Waals surface area contributed by atoms with Gasteiger partial charge in [0, 0.05) is 6.42 Å². The molecule has 0 unspecified atom stereocenters. The maximum absolute atomic E-state index is 10.8. The number of nitrogens with zero attached hydrogens (tertiary/aromatic N) is 1. The van der Waals surface area contributed by atoms with Gasteiger partial charge in [0.05, 0.1) is 0 Å². The van der Waals surface area contributed by atoms with E-state index in [1.807, 2.05) is 30.3 Å². The number of aliphatic hydroxyl groups excluding tert-OH is 1. The number of hydrogen-bond acceptors (Lipinski definition) is 3. The fourth-order valence-electron chi connectivity index (χ4n) is 1.49. The van der Waals surface area contributed by atoms with Crippen molar-refractivity contribution in [3.63, 3.8) is 0 Å². The molecule has 0 fully saturated rings. The molecule has 1 aromatic rings. The summed E-state index contributed by atoms with van der Waals surface area (Å²) in [5, 5.41) is 18.1. The summed E-state index contributed by atoms with van der Waals surface area (Å²) in [6.45, 7) is 0. The number of carbonyl (C=O) groups is 1. The lowest BCUT2D eigenvalue weighted by Crippen LogP contribution is -2.15. The van der Waals surface area contributed by atoms with Crippen LogP contribution in [0.1, 0.15) is 18.4 Å². The van der Waals surface area contributed by atoms with Gasteiger partial charge in [0.25, 0.3) is 5.91 Å². The lowest BCUT2D eigenvalue weighted by Gasteiger charge is -2.02. The van der Waals surface area contributed by atoms with Crippen LogP contribution in [0.2, 0.25) is 0 Å². The first-order chi connectivity index (χ1) is 8.15. The molecular weight excluding hydrogens is 216 g/mol. The fraction of sp³-hybridized carbons (Fsp3) is 0.231. The molecule has 1 amide bonds. The Morgan fingerprint density at radius 1 is 1.35 bits per heavy atom. The summed E-state index contributed by atoms with van der Waals surface area (Å²) in [6.07, 6.45) is 1.72. The van der Waals surface area contributed by atoms with Crippen LogP contribution in [-0.2, 0) is 11.2 Å². The highest BCUT2D eigenvalue weighted by molar-refractivity contribution is 5.96. The third-order valence-electron chi connectivity index (χ3n) is 2.37. The van der Waals surface area contributed by atoms with Crippen molar-refractivity contribution < 1.29 is 9.90 Å². The Balaban J connectivity index is 2.52. The van der Waals surface area contributed by atoms with Crippen molar-refractivity contribution in [2.24, 2.45) is 5.73 Å². The molecule has 1 aromatic carbocycles. The average Bonchev–Trinajstić information content (AvgIpc) is 2.30. The van der Waals surface area contributed by atoms with E-state index in [2.05, 4.69) is 0 Å². The van der Waals surface area contributed by atoms with Crippen LogP contribution in [0.25, 0.3) is 0 Å². The minimum absolute atomic E-state index is 0.226.